The molecule has 3 nitrogen and oxygen atoms in total. The second-order valence-electron chi connectivity index (χ2n) is 5.72. The topological polar surface area (TPSA) is 24.5 Å². The van der Waals surface area contributed by atoms with E-state index in [9.17, 15) is 0 Å². The fraction of sp³-hybridized carbons (Fsp3) is 1.00. The molecule has 1 N–H and O–H groups in total. The second-order valence-corrected chi connectivity index (χ2v) is 5.72. The third kappa shape index (κ3) is 4.04. The summed E-state index contributed by atoms with van der Waals surface area (Å²) in [5, 5.41) is 3.28. The quantitative estimate of drug-likeness (QED) is 0.749. The van der Waals surface area contributed by atoms with Gasteiger partial charge in [-0.05, 0) is 59.7 Å². The van der Waals surface area contributed by atoms with Crippen molar-refractivity contribution in [1.29, 1.82) is 0 Å². The Hall–Kier alpha value is -0.120. The van der Waals surface area contributed by atoms with Crippen LogP contribution >= 0.6 is 0 Å². The molecule has 1 saturated heterocycles. The zero-order chi connectivity index (χ0) is 12.2. The molecule has 3 heteroatoms. The molecule has 2 unspecified atom stereocenters. The number of likely N-dealkylation sites (tertiary alicyclic amines) is 1. The third-order valence-corrected chi connectivity index (χ3v) is 3.77. The van der Waals surface area contributed by atoms with Gasteiger partial charge in [-0.15, -0.1) is 0 Å². The van der Waals surface area contributed by atoms with Crippen LogP contribution in [0.25, 0.3) is 0 Å². The number of nitrogens with one attached hydrogen (secondary N) is 1. The van der Waals surface area contributed by atoms with Crippen molar-refractivity contribution in [1.82, 2.24) is 10.2 Å². The molecule has 0 radical (unpaired) electrons. The molecule has 1 aliphatic heterocycles. The van der Waals surface area contributed by atoms with Gasteiger partial charge in [0.15, 0.2) is 0 Å². The predicted octanol–water partition coefficient (Wildman–Crippen LogP) is 1.73. The van der Waals surface area contributed by atoms with E-state index >= 15 is 0 Å². The second kappa shape index (κ2) is 5.99. The third-order valence-electron chi connectivity index (χ3n) is 3.77. The molecular formula is C13H28N2O. The zero-order valence-electron chi connectivity index (χ0n) is 11.5. The Morgan fingerprint density at radius 3 is 2.75 bits per heavy atom. The molecule has 0 spiro atoms. The molecule has 0 amide bonds. The molecule has 16 heavy (non-hydrogen) atoms. The standard InChI is InChI=1S/C13H28N2O/c1-11(8-13(2,3)16-5)15-7-6-12(10-15)9-14-4/h11-12,14H,6-10H2,1-5H3. The Morgan fingerprint density at radius 1 is 1.50 bits per heavy atom. The first kappa shape index (κ1) is 13.9. The minimum absolute atomic E-state index is 0.000506. The van der Waals surface area contributed by atoms with Crippen molar-refractivity contribution in [3.63, 3.8) is 0 Å². The molecule has 2 atom stereocenters. The van der Waals surface area contributed by atoms with Crippen LogP contribution in [-0.4, -0.2) is 50.3 Å². The van der Waals surface area contributed by atoms with Crippen LogP contribution in [-0.2, 0) is 4.74 Å². The van der Waals surface area contributed by atoms with Crippen molar-refractivity contribution in [2.45, 2.75) is 45.3 Å². The predicted molar refractivity (Wildman–Crippen MR) is 68.8 cm³/mol. The van der Waals surface area contributed by atoms with Gasteiger partial charge in [-0.25, -0.2) is 0 Å². The fourth-order valence-corrected chi connectivity index (χ4v) is 2.64. The van der Waals surface area contributed by atoms with Crippen molar-refractivity contribution >= 4 is 0 Å². The van der Waals surface area contributed by atoms with Crippen molar-refractivity contribution < 1.29 is 4.74 Å². The van der Waals surface area contributed by atoms with Crippen LogP contribution in [0.2, 0.25) is 0 Å². The van der Waals surface area contributed by atoms with Crippen LogP contribution < -0.4 is 5.32 Å². The molecule has 1 rings (SSSR count). The Bertz CT molecular complexity index is 206. The van der Waals surface area contributed by atoms with Crippen LogP contribution in [0.4, 0.5) is 0 Å². The summed E-state index contributed by atoms with van der Waals surface area (Å²) in [5.41, 5.74) is 0.000506. The number of hydrogen-bond donors (Lipinski definition) is 1. The van der Waals surface area contributed by atoms with Crippen molar-refractivity contribution in [2.75, 3.05) is 33.8 Å². The van der Waals surface area contributed by atoms with E-state index in [1.165, 1.54) is 19.5 Å². The summed E-state index contributed by atoms with van der Waals surface area (Å²) in [7, 11) is 3.85. The highest BCUT2D eigenvalue weighted by Crippen LogP contribution is 2.24. The molecule has 96 valence electrons. The first-order valence-electron chi connectivity index (χ1n) is 6.42. The van der Waals surface area contributed by atoms with Gasteiger partial charge < -0.3 is 15.0 Å². The highest BCUT2D eigenvalue weighted by molar-refractivity contribution is 4.84. The Balaban J connectivity index is 2.36. The van der Waals surface area contributed by atoms with Crippen LogP contribution in [0.1, 0.15) is 33.6 Å². The average molecular weight is 228 g/mol. The maximum atomic E-state index is 5.50. The summed E-state index contributed by atoms with van der Waals surface area (Å²) in [6.07, 6.45) is 2.44. The molecule has 0 aromatic carbocycles. The van der Waals surface area contributed by atoms with Crippen molar-refractivity contribution in [3.8, 4) is 0 Å². The first-order valence-corrected chi connectivity index (χ1v) is 6.42. The average Bonchev–Trinajstić information content (AvgIpc) is 2.66. The Kier molecular flexibility index (Phi) is 5.22. The molecule has 0 aromatic heterocycles. The van der Waals surface area contributed by atoms with Gasteiger partial charge in [0.2, 0.25) is 0 Å². The minimum Gasteiger partial charge on any atom is -0.379 e. The Labute approximate surface area is 101 Å². The van der Waals surface area contributed by atoms with Gasteiger partial charge >= 0.3 is 0 Å². The number of rotatable bonds is 6. The number of hydrogen-bond acceptors (Lipinski definition) is 3. The lowest BCUT2D eigenvalue weighted by atomic mass is 9.99. The van der Waals surface area contributed by atoms with Crippen LogP contribution in [0.15, 0.2) is 0 Å². The lowest BCUT2D eigenvalue weighted by molar-refractivity contribution is -0.00376. The number of ether oxygens (including phenoxy) is 1. The molecule has 0 bridgehead atoms. The zero-order valence-corrected chi connectivity index (χ0v) is 11.5. The van der Waals surface area contributed by atoms with Gasteiger partial charge in [-0.1, -0.05) is 0 Å². The fourth-order valence-electron chi connectivity index (χ4n) is 2.64. The van der Waals surface area contributed by atoms with Crippen molar-refractivity contribution in [3.05, 3.63) is 0 Å². The summed E-state index contributed by atoms with van der Waals surface area (Å²) in [6, 6.07) is 0.622. The lowest BCUT2D eigenvalue weighted by Crippen LogP contribution is -2.38. The van der Waals surface area contributed by atoms with E-state index in [-0.39, 0.29) is 5.60 Å². The summed E-state index contributed by atoms with van der Waals surface area (Å²) < 4.78 is 5.50. The molecule has 1 aliphatic rings. The van der Waals surface area contributed by atoms with E-state index in [0.717, 1.165) is 18.9 Å². The summed E-state index contributed by atoms with van der Waals surface area (Å²) in [6.45, 7) is 10.3. The molecule has 1 fully saturated rings. The number of nitrogens with zero attached hydrogens (tertiary/aromatic N) is 1. The monoisotopic (exact) mass is 228 g/mol. The minimum atomic E-state index is 0.000506. The molecular weight excluding hydrogens is 200 g/mol. The van der Waals surface area contributed by atoms with E-state index in [0.29, 0.717) is 6.04 Å². The van der Waals surface area contributed by atoms with Gasteiger partial charge in [0.05, 0.1) is 5.60 Å². The smallest absolute Gasteiger partial charge is 0.0637 e. The van der Waals surface area contributed by atoms with Gasteiger partial charge in [0.1, 0.15) is 0 Å². The van der Waals surface area contributed by atoms with Crippen LogP contribution in [0, 0.1) is 5.92 Å². The van der Waals surface area contributed by atoms with E-state index < -0.39 is 0 Å². The largest absolute Gasteiger partial charge is 0.379 e. The highest BCUT2D eigenvalue weighted by atomic mass is 16.5. The maximum absolute atomic E-state index is 5.50. The summed E-state index contributed by atoms with van der Waals surface area (Å²) >= 11 is 0. The van der Waals surface area contributed by atoms with Gasteiger partial charge in [-0.3, -0.25) is 0 Å². The van der Waals surface area contributed by atoms with Gasteiger partial charge in [0.25, 0.3) is 0 Å². The maximum Gasteiger partial charge on any atom is 0.0637 e. The van der Waals surface area contributed by atoms with E-state index in [1.807, 2.05) is 7.05 Å². The lowest BCUT2D eigenvalue weighted by Gasteiger charge is -2.32. The van der Waals surface area contributed by atoms with Gasteiger partial charge in [-0.2, -0.15) is 0 Å². The molecule has 0 aliphatic carbocycles. The molecule has 1 heterocycles. The summed E-state index contributed by atoms with van der Waals surface area (Å²) in [5.74, 6) is 0.832. The molecule has 0 aromatic rings. The normalized spacial score (nSPS) is 24.9. The first-order chi connectivity index (χ1) is 7.48. The number of methoxy groups -OCH3 is 1. The van der Waals surface area contributed by atoms with Gasteiger partial charge in [0, 0.05) is 19.7 Å². The Morgan fingerprint density at radius 2 is 2.19 bits per heavy atom. The van der Waals surface area contributed by atoms with Crippen molar-refractivity contribution in [2.24, 2.45) is 5.92 Å². The SMILES string of the molecule is CNCC1CCN(C(C)CC(C)(C)OC)C1. The van der Waals surface area contributed by atoms with E-state index in [4.69, 9.17) is 4.74 Å². The molecule has 0 saturated carbocycles. The summed E-state index contributed by atoms with van der Waals surface area (Å²) in [4.78, 5) is 2.60. The van der Waals surface area contributed by atoms with E-state index in [2.05, 4.69) is 31.0 Å². The van der Waals surface area contributed by atoms with Crippen LogP contribution in [0.5, 0.6) is 0 Å². The highest BCUT2D eigenvalue weighted by Gasteiger charge is 2.29. The van der Waals surface area contributed by atoms with Crippen LogP contribution in [0.3, 0.4) is 0 Å². The van der Waals surface area contributed by atoms with E-state index in [1.54, 1.807) is 7.11 Å².